The lowest BCUT2D eigenvalue weighted by Crippen LogP contribution is -2.15. The molecule has 2 N–H and O–H groups in total. The monoisotopic (exact) mass is 190 g/mol. The number of hydrogen-bond donors (Lipinski definition) is 1. The van der Waals surface area contributed by atoms with Gasteiger partial charge in [0.1, 0.15) is 11.6 Å². The third-order valence-corrected chi connectivity index (χ3v) is 1.84. The van der Waals surface area contributed by atoms with E-state index in [1.54, 1.807) is 0 Å². The summed E-state index contributed by atoms with van der Waals surface area (Å²) in [5.74, 6) is -0.874. The fraction of sp³-hybridized carbons (Fsp3) is 0.167. The van der Waals surface area contributed by atoms with Crippen LogP contribution >= 0.6 is 0 Å². The summed E-state index contributed by atoms with van der Waals surface area (Å²) in [5, 5.41) is 4.74. The second-order valence-electron chi connectivity index (χ2n) is 2.27. The van der Waals surface area contributed by atoms with Gasteiger partial charge < -0.3 is 0 Å². The molecule has 1 aromatic heterocycles. The SMILES string of the molecule is NS(=O)(=O)Cc1ccc(F)cn1. The number of halogens is 1. The van der Waals surface area contributed by atoms with E-state index in [4.69, 9.17) is 5.14 Å². The second kappa shape index (κ2) is 3.16. The molecular formula is C6H7FN2O2S. The molecule has 0 amide bonds. The van der Waals surface area contributed by atoms with Crippen molar-refractivity contribution in [3.05, 3.63) is 29.8 Å². The number of nitrogens with zero attached hydrogens (tertiary/aromatic N) is 1. The van der Waals surface area contributed by atoms with Crippen molar-refractivity contribution in [2.45, 2.75) is 5.75 Å². The molecule has 0 bridgehead atoms. The Bertz CT molecular complexity index is 360. The molecule has 0 atom stereocenters. The van der Waals surface area contributed by atoms with Crippen LogP contribution in [0.1, 0.15) is 5.69 Å². The molecule has 1 heterocycles. The summed E-state index contributed by atoms with van der Waals surface area (Å²) in [5.41, 5.74) is 0.235. The molecule has 0 aliphatic rings. The Morgan fingerprint density at radius 1 is 1.50 bits per heavy atom. The van der Waals surface area contributed by atoms with Crippen LogP contribution in [0.5, 0.6) is 0 Å². The standard InChI is InChI=1S/C6H7FN2O2S/c7-5-1-2-6(9-3-5)4-12(8,10)11/h1-3H,4H2,(H2,8,10,11). The van der Waals surface area contributed by atoms with Crippen LogP contribution < -0.4 is 5.14 Å². The molecule has 0 spiro atoms. The van der Waals surface area contributed by atoms with Gasteiger partial charge in [-0.25, -0.2) is 17.9 Å². The van der Waals surface area contributed by atoms with Gasteiger partial charge in [0.2, 0.25) is 10.0 Å². The fourth-order valence-corrected chi connectivity index (χ4v) is 1.28. The highest BCUT2D eigenvalue weighted by molar-refractivity contribution is 7.88. The fourth-order valence-electron chi connectivity index (χ4n) is 0.698. The Hall–Kier alpha value is -1.01. The van der Waals surface area contributed by atoms with Crippen LogP contribution in [0.15, 0.2) is 18.3 Å². The molecule has 66 valence electrons. The van der Waals surface area contributed by atoms with Gasteiger partial charge in [0.25, 0.3) is 0 Å². The minimum atomic E-state index is -3.57. The quantitative estimate of drug-likeness (QED) is 0.713. The molecule has 12 heavy (non-hydrogen) atoms. The summed E-state index contributed by atoms with van der Waals surface area (Å²) in [6.45, 7) is 0. The predicted molar refractivity (Wildman–Crippen MR) is 41.0 cm³/mol. The van der Waals surface area contributed by atoms with Crippen molar-refractivity contribution < 1.29 is 12.8 Å². The Morgan fingerprint density at radius 2 is 2.17 bits per heavy atom. The Kier molecular flexibility index (Phi) is 2.39. The first kappa shape index (κ1) is 9.08. The molecule has 0 saturated carbocycles. The number of primary sulfonamides is 1. The van der Waals surface area contributed by atoms with Gasteiger partial charge >= 0.3 is 0 Å². The maximum absolute atomic E-state index is 12.3. The van der Waals surface area contributed by atoms with Crippen LogP contribution in [-0.4, -0.2) is 13.4 Å². The van der Waals surface area contributed by atoms with Crippen molar-refractivity contribution >= 4 is 10.0 Å². The molecule has 0 fully saturated rings. The number of rotatable bonds is 2. The number of sulfonamides is 1. The molecular weight excluding hydrogens is 183 g/mol. The van der Waals surface area contributed by atoms with Crippen LogP contribution in [-0.2, 0) is 15.8 Å². The minimum absolute atomic E-state index is 0.235. The van der Waals surface area contributed by atoms with E-state index < -0.39 is 15.8 Å². The van der Waals surface area contributed by atoms with Crippen molar-refractivity contribution in [1.82, 2.24) is 4.98 Å². The molecule has 0 unspecified atom stereocenters. The maximum atomic E-state index is 12.3. The van der Waals surface area contributed by atoms with E-state index in [2.05, 4.69) is 4.98 Å². The number of pyridine rings is 1. The van der Waals surface area contributed by atoms with E-state index in [0.717, 1.165) is 12.3 Å². The minimum Gasteiger partial charge on any atom is -0.257 e. The summed E-state index contributed by atoms with van der Waals surface area (Å²) < 4.78 is 33.3. The molecule has 0 radical (unpaired) electrons. The van der Waals surface area contributed by atoms with E-state index >= 15 is 0 Å². The lowest BCUT2D eigenvalue weighted by molar-refractivity contribution is 0.595. The van der Waals surface area contributed by atoms with Crippen molar-refractivity contribution in [3.8, 4) is 0 Å². The third kappa shape index (κ3) is 2.93. The zero-order valence-corrected chi connectivity index (χ0v) is 6.88. The number of nitrogens with two attached hydrogens (primary N) is 1. The zero-order valence-electron chi connectivity index (χ0n) is 6.07. The topological polar surface area (TPSA) is 73.1 Å². The van der Waals surface area contributed by atoms with Crippen molar-refractivity contribution in [1.29, 1.82) is 0 Å². The first-order valence-corrected chi connectivity index (χ1v) is 4.80. The van der Waals surface area contributed by atoms with Crippen LogP contribution in [0.4, 0.5) is 4.39 Å². The normalized spacial score (nSPS) is 11.5. The molecule has 0 saturated heterocycles. The predicted octanol–water partition coefficient (Wildman–Crippen LogP) is 0.00920. The van der Waals surface area contributed by atoms with Crippen molar-refractivity contribution in [2.24, 2.45) is 5.14 Å². The largest absolute Gasteiger partial charge is 0.257 e. The highest BCUT2D eigenvalue weighted by atomic mass is 32.2. The van der Waals surface area contributed by atoms with Gasteiger partial charge in [-0.2, -0.15) is 0 Å². The van der Waals surface area contributed by atoms with E-state index in [1.807, 2.05) is 0 Å². The van der Waals surface area contributed by atoms with E-state index in [0.29, 0.717) is 0 Å². The Labute approximate surface area is 69.3 Å². The van der Waals surface area contributed by atoms with Crippen molar-refractivity contribution in [2.75, 3.05) is 0 Å². The molecule has 6 heteroatoms. The summed E-state index contributed by atoms with van der Waals surface area (Å²) >= 11 is 0. The Balaban J connectivity index is 2.85. The van der Waals surface area contributed by atoms with Gasteiger partial charge in [0.15, 0.2) is 0 Å². The van der Waals surface area contributed by atoms with Crippen molar-refractivity contribution in [3.63, 3.8) is 0 Å². The van der Waals surface area contributed by atoms with Gasteiger partial charge in [0.05, 0.1) is 11.9 Å². The van der Waals surface area contributed by atoms with E-state index in [9.17, 15) is 12.8 Å². The van der Waals surface area contributed by atoms with Gasteiger partial charge in [-0.05, 0) is 12.1 Å². The Morgan fingerprint density at radius 3 is 2.58 bits per heavy atom. The van der Waals surface area contributed by atoms with E-state index in [-0.39, 0.29) is 11.4 Å². The van der Waals surface area contributed by atoms with Gasteiger partial charge in [-0.1, -0.05) is 0 Å². The van der Waals surface area contributed by atoms with Crippen LogP contribution in [0.2, 0.25) is 0 Å². The number of hydrogen-bond acceptors (Lipinski definition) is 3. The number of aromatic nitrogens is 1. The van der Waals surface area contributed by atoms with Gasteiger partial charge in [-0.3, -0.25) is 4.98 Å². The summed E-state index contributed by atoms with van der Waals surface area (Å²) in [6.07, 6.45) is 0.945. The first-order valence-electron chi connectivity index (χ1n) is 3.08. The lowest BCUT2D eigenvalue weighted by atomic mass is 10.4. The van der Waals surface area contributed by atoms with Crippen LogP contribution in [0.3, 0.4) is 0 Å². The highest BCUT2D eigenvalue weighted by Gasteiger charge is 2.05. The highest BCUT2D eigenvalue weighted by Crippen LogP contribution is 2.00. The summed E-state index contributed by atoms with van der Waals surface area (Å²) in [4.78, 5) is 3.53. The third-order valence-electron chi connectivity index (χ3n) is 1.14. The smallest absolute Gasteiger partial charge is 0.214 e. The van der Waals surface area contributed by atoms with Gasteiger partial charge in [0, 0.05) is 0 Å². The molecule has 0 aliphatic carbocycles. The maximum Gasteiger partial charge on any atom is 0.214 e. The lowest BCUT2D eigenvalue weighted by Gasteiger charge is -1.96. The summed E-state index contributed by atoms with van der Waals surface area (Å²) in [7, 11) is -3.57. The molecule has 4 nitrogen and oxygen atoms in total. The van der Waals surface area contributed by atoms with Gasteiger partial charge in [-0.15, -0.1) is 0 Å². The average Bonchev–Trinajstić information content (AvgIpc) is 1.91. The average molecular weight is 190 g/mol. The molecule has 1 aromatic rings. The van der Waals surface area contributed by atoms with Crippen LogP contribution in [0.25, 0.3) is 0 Å². The van der Waals surface area contributed by atoms with E-state index in [1.165, 1.54) is 6.07 Å². The molecule has 0 aliphatic heterocycles. The second-order valence-corrected chi connectivity index (χ2v) is 3.89. The first-order chi connectivity index (χ1) is 5.47. The molecule has 0 aromatic carbocycles. The zero-order chi connectivity index (χ0) is 9.19. The summed E-state index contributed by atoms with van der Waals surface area (Å²) in [6, 6.07) is 2.41. The molecule has 1 rings (SSSR count). The van der Waals surface area contributed by atoms with Crippen LogP contribution in [0, 0.1) is 5.82 Å².